The first-order chi connectivity index (χ1) is 12.9. The molecule has 0 bridgehead atoms. The molecule has 1 aliphatic carbocycles. The van der Waals surface area contributed by atoms with Gasteiger partial charge in [0, 0.05) is 35.0 Å². The SMILES string of the molecule is c1ccc2c(C3CCCCC3c3nccc4ccccc34)nccc2c1. The van der Waals surface area contributed by atoms with Gasteiger partial charge in [0.1, 0.15) is 0 Å². The molecule has 0 aliphatic heterocycles. The van der Waals surface area contributed by atoms with Gasteiger partial charge in [0.25, 0.3) is 0 Å². The molecular formula is C24H22N2. The first-order valence-electron chi connectivity index (χ1n) is 9.59. The number of rotatable bonds is 2. The van der Waals surface area contributed by atoms with Gasteiger partial charge in [-0.1, -0.05) is 61.4 Å². The molecule has 2 nitrogen and oxygen atoms in total. The third kappa shape index (κ3) is 2.57. The molecule has 2 aromatic carbocycles. The number of hydrogen-bond donors (Lipinski definition) is 0. The van der Waals surface area contributed by atoms with Gasteiger partial charge < -0.3 is 0 Å². The molecule has 0 saturated heterocycles. The normalized spacial score (nSPS) is 20.5. The summed E-state index contributed by atoms with van der Waals surface area (Å²) >= 11 is 0. The second kappa shape index (κ2) is 6.53. The van der Waals surface area contributed by atoms with E-state index in [4.69, 9.17) is 9.97 Å². The van der Waals surface area contributed by atoms with Crippen molar-refractivity contribution >= 4 is 21.5 Å². The average Bonchev–Trinajstić information content (AvgIpc) is 2.73. The van der Waals surface area contributed by atoms with E-state index in [1.165, 1.54) is 58.6 Å². The first kappa shape index (κ1) is 15.5. The number of benzene rings is 2. The van der Waals surface area contributed by atoms with Crippen LogP contribution in [0.3, 0.4) is 0 Å². The fraction of sp³-hybridized carbons (Fsp3) is 0.250. The number of pyridine rings is 2. The molecule has 1 aliphatic rings. The van der Waals surface area contributed by atoms with Gasteiger partial charge in [-0.3, -0.25) is 9.97 Å². The Hall–Kier alpha value is -2.74. The van der Waals surface area contributed by atoms with Crippen LogP contribution in [-0.4, -0.2) is 9.97 Å². The summed E-state index contributed by atoms with van der Waals surface area (Å²) in [6.45, 7) is 0. The largest absolute Gasteiger partial charge is 0.260 e. The maximum atomic E-state index is 4.86. The lowest BCUT2D eigenvalue weighted by molar-refractivity contribution is 0.378. The fourth-order valence-corrected chi connectivity index (χ4v) is 4.66. The van der Waals surface area contributed by atoms with Gasteiger partial charge in [-0.2, -0.15) is 0 Å². The molecule has 0 spiro atoms. The van der Waals surface area contributed by atoms with Crippen molar-refractivity contribution in [3.63, 3.8) is 0 Å². The molecule has 128 valence electrons. The highest BCUT2D eigenvalue weighted by molar-refractivity contribution is 5.86. The molecule has 0 N–H and O–H groups in total. The lowest BCUT2D eigenvalue weighted by Crippen LogP contribution is -2.19. The summed E-state index contributed by atoms with van der Waals surface area (Å²) in [5, 5.41) is 5.17. The molecule has 0 amide bonds. The van der Waals surface area contributed by atoms with Gasteiger partial charge >= 0.3 is 0 Å². The minimum atomic E-state index is 0.438. The van der Waals surface area contributed by atoms with Crippen LogP contribution >= 0.6 is 0 Å². The fourth-order valence-electron chi connectivity index (χ4n) is 4.66. The van der Waals surface area contributed by atoms with E-state index in [0.717, 1.165) is 0 Å². The van der Waals surface area contributed by atoms with E-state index >= 15 is 0 Å². The zero-order valence-corrected chi connectivity index (χ0v) is 14.8. The molecule has 4 aromatic rings. The minimum absolute atomic E-state index is 0.438. The van der Waals surface area contributed by atoms with Crippen molar-refractivity contribution < 1.29 is 0 Å². The van der Waals surface area contributed by atoms with Crippen LogP contribution in [-0.2, 0) is 0 Å². The summed E-state index contributed by atoms with van der Waals surface area (Å²) in [6.07, 6.45) is 8.88. The van der Waals surface area contributed by atoms with Crippen molar-refractivity contribution in [1.82, 2.24) is 9.97 Å². The Morgan fingerprint density at radius 1 is 0.577 bits per heavy atom. The van der Waals surface area contributed by atoms with Crippen LogP contribution < -0.4 is 0 Å². The van der Waals surface area contributed by atoms with Gasteiger partial charge in [0.05, 0.1) is 11.4 Å². The summed E-state index contributed by atoms with van der Waals surface area (Å²) in [4.78, 5) is 9.72. The van der Waals surface area contributed by atoms with Crippen LogP contribution in [0, 0.1) is 0 Å². The van der Waals surface area contributed by atoms with Crippen LogP contribution in [0.2, 0.25) is 0 Å². The Morgan fingerprint density at radius 3 is 1.54 bits per heavy atom. The van der Waals surface area contributed by atoms with Crippen molar-refractivity contribution in [2.75, 3.05) is 0 Å². The Labute approximate surface area is 153 Å². The first-order valence-corrected chi connectivity index (χ1v) is 9.59. The van der Waals surface area contributed by atoms with Gasteiger partial charge in [-0.25, -0.2) is 0 Å². The Morgan fingerprint density at radius 2 is 1.04 bits per heavy atom. The Kier molecular flexibility index (Phi) is 3.89. The molecule has 26 heavy (non-hydrogen) atoms. The van der Waals surface area contributed by atoms with Crippen molar-refractivity contribution in [3.05, 3.63) is 84.4 Å². The smallest absolute Gasteiger partial charge is 0.0519 e. The summed E-state index contributed by atoms with van der Waals surface area (Å²) in [6, 6.07) is 21.5. The van der Waals surface area contributed by atoms with Crippen LogP contribution in [0.15, 0.2) is 73.1 Å². The molecule has 2 unspecified atom stereocenters. The standard InChI is InChI=1S/C24H22N2/c1-3-9-19-17(7-1)13-15-25-23(19)21-11-5-6-12-22(21)24-20-10-4-2-8-18(20)14-16-26-24/h1-4,7-10,13-16,21-22H,5-6,11-12H2. The highest BCUT2D eigenvalue weighted by atomic mass is 14.7. The topological polar surface area (TPSA) is 25.8 Å². The monoisotopic (exact) mass is 338 g/mol. The zero-order valence-electron chi connectivity index (χ0n) is 14.8. The highest BCUT2D eigenvalue weighted by Gasteiger charge is 2.31. The van der Waals surface area contributed by atoms with Gasteiger partial charge in [-0.15, -0.1) is 0 Å². The number of nitrogens with zero attached hydrogens (tertiary/aromatic N) is 2. The van der Waals surface area contributed by atoms with Crippen LogP contribution in [0.4, 0.5) is 0 Å². The summed E-state index contributed by atoms with van der Waals surface area (Å²) in [5.41, 5.74) is 2.50. The molecule has 2 heterocycles. The average molecular weight is 338 g/mol. The van der Waals surface area contributed by atoms with E-state index in [1.807, 2.05) is 12.4 Å². The van der Waals surface area contributed by atoms with Crippen molar-refractivity contribution in [2.24, 2.45) is 0 Å². The van der Waals surface area contributed by atoms with Crippen molar-refractivity contribution in [2.45, 2.75) is 37.5 Å². The second-order valence-corrected chi connectivity index (χ2v) is 7.33. The Bertz CT molecular complexity index is 972. The molecule has 2 heteroatoms. The predicted octanol–water partition coefficient (Wildman–Crippen LogP) is 6.22. The predicted molar refractivity (Wildman–Crippen MR) is 107 cm³/mol. The molecule has 1 fully saturated rings. The van der Waals surface area contributed by atoms with Gasteiger partial charge in [-0.05, 0) is 35.7 Å². The molecule has 5 rings (SSSR count). The number of fused-ring (bicyclic) bond motifs is 2. The number of aromatic nitrogens is 2. The molecule has 0 radical (unpaired) electrons. The van der Waals surface area contributed by atoms with Crippen LogP contribution in [0.1, 0.15) is 48.9 Å². The molecular weight excluding hydrogens is 316 g/mol. The lowest BCUT2D eigenvalue weighted by Gasteiger charge is -2.32. The summed E-state index contributed by atoms with van der Waals surface area (Å²) in [5.74, 6) is 0.876. The van der Waals surface area contributed by atoms with E-state index in [9.17, 15) is 0 Å². The van der Waals surface area contributed by atoms with E-state index < -0.39 is 0 Å². The Balaban J connectivity index is 1.68. The van der Waals surface area contributed by atoms with Crippen LogP contribution in [0.25, 0.3) is 21.5 Å². The molecule has 2 aromatic heterocycles. The quantitative estimate of drug-likeness (QED) is 0.433. The third-order valence-electron chi connectivity index (χ3n) is 5.88. The van der Waals surface area contributed by atoms with Gasteiger partial charge in [0.15, 0.2) is 0 Å². The lowest BCUT2D eigenvalue weighted by atomic mass is 9.74. The molecule has 1 saturated carbocycles. The van der Waals surface area contributed by atoms with E-state index in [0.29, 0.717) is 11.8 Å². The van der Waals surface area contributed by atoms with Crippen molar-refractivity contribution in [3.8, 4) is 0 Å². The molecule has 2 atom stereocenters. The summed E-state index contributed by atoms with van der Waals surface area (Å²) < 4.78 is 0. The number of hydrogen-bond acceptors (Lipinski definition) is 2. The zero-order chi connectivity index (χ0) is 17.3. The van der Waals surface area contributed by atoms with E-state index in [-0.39, 0.29) is 0 Å². The van der Waals surface area contributed by atoms with Crippen LogP contribution in [0.5, 0.6) is 0 Å². The third-order valence-corrected chi connectivity index (χ3v) is 5.88. The highest BCUT2D eigenvalue weighted by Crippen LogP contribution is 2.45. The second-order valence-electron chi connectivity index (χ2n) is 7.33. The summed E-state index contributed by atoms with van der Waals surface area (Å²) in [7, 11) is 0. The van der Waals surface area contributed by atoms with E-state index in [2.05, 4.69) is 60.7 Å². The van der Waals surface area contributed by atoms with Gasteiger partial charge in [0.2, 0.25) is 0 Å². The maximum Gasteiger partial charge on any atom is 0.0519 e. The maximum absolute atomic E-state index is 4.86. The van der Waals surface area contributed by atoms with E-state index in [1.54, 1.807) is 0 Å². The minimum Gasteiger partial charge on any atom is -0.260 e. The van der Waals surface area contributed by atoms with Crippen molar-refractivity contribution in [1.29, 1.82) is 0 Å².